The third kappa shape index (κ3) is 1.30. The van der Waals surface area contributed by atoms with Crippen LogP contribution in [-0.4, -0.2) is 0 Å². The van der Waals surface area contributed by atoms with Crippen molar-refractivity contribution in [3.05, 3.63) is 68.3 Å². The number of nitrogens with one attached hydrogen (secondary N) is 1. The summed E-state index contributed by atoms with van der Waals surface area (Å²) in [5, 5.41) is 3.81. The second-order valence-electron chi connectivity index (χ2n) is 5.41. The van der Waals surface area contributed by atoms with Crippen molar-refractivity contribution >= 4 is 22.6 Å². The minimum atomic E-state index is -0.00394. The quantitative estimate of drug-likeness (QED) is 0.716. The standard InChI is InChI=1S/C16H14IN/c1-16-13-5-3-2-4-12(13)15(18-16)8-10-6-7-11(17)9-14(10)16/h2-7,9,15,18H,8H2,1H3. The molecule has 2 unspecified atom stereocenters. The molecule has 2 heteroatoms. The maximum atomic E-state index is 3.81. The molecule has 0 spiro atoms. The van der Waals surface area contributed by atoms with Crippen LogP contribution >= 0.6 is 22.6 Å². The molecule has 2 aromatic rings. The van der Waals surface area contributed by atoms with E-state index in [1.165, 1.54) is 25.8 Å². The highest BCUT2D eigenvalue weighted by atomic mass is 127. The van der Waals surface area contributed by atoms with Crippen LogP contribution in [0.25, 0.3) is 0 Å². The van der Waals surface area contributed by atoms with Crippen molar-refractivity contribution in [3.63, 3.8) is 0 Å². The highest BCUT2D eigenvalue weighted by Crippen LogP contribution is 2.48. The lowest BCUT2D eigenvalue weighted by Crippen LogP contribution is -2.41. The van der Waals surface area contributed by atoms with Crippen molar-refractivity contribution in [1.82, 2.24) is 5.32 Å². The molecular weight excluding hydrogens is 333 g/mol. The Morgan fingerprint density at radius 2 is 2.00 bits per heavy atom. The van der Waals surface area contributed by atoms with Crippen molar-refractivity contribution in [2.75, 3.05) is 0 Å². The number of fused-ring (bicyclic) bond motifs is 7. The van der Waals surface area contributed by atoms with E-state index in [1.807, 2.05) is 0 Å². The largest absolute Gasteiger partial charge is 0.297 e. The Bertz CT molecular complexity index is 649. The van der Waals surface area contributed by atoms with Gasteiger partial charge in [-0.2, -0.15) is 0 Å². The van der Waals surface area contributed by atoms with Gasteiger partial charge in [0.2, 0.25) is 0 Å². The zero-order valence-corrected chi connectivity index (χ0v) is 12.4. The first-order chi connectivity index (χ1) is 8.68. The fourth-order valence-electron chi connectivity index (χ4n) is 3.56. The minimum Gasteiger partial charge on any atom is -0.297 e. The fourth-order valence-corrected chi connectivity index (χ4v) is 4.05. The molecule has 2 bridgehead atoms. The summed E-state index contributed by atoms with van der Waals surface area (Å²) in [5.74, 6) is 0. The first-order valence-electron chi connectivity index (χ1n) is 6.34. The Balaban J connectivity index is 2.04. The van der Waals surface area contributed by atoms with E-state index in [9.17, 15) is 0 Å². The van der Waals surface area contributed by atoms with Crippen LogP contribution in [0.1, 0.15) is 35.2 Å². The van der Waals surface area contributed by atoms with Crippen molar-refractivity contribution in [2.24, 2.45) is 0 Å². The van der Waals surface area contributed by atoms with E-state index in [0.29, 0.717) is 6.04 Å². The number of hydrogen-bond acceptors (Lipinski definition) is 1. The van der Waals surface area contributed by atoms with Crippen molar-refractivity contribution in [1.29, 1.82) is 0 Å². The zero-order valence-electron chi connectivity index (χ0n) is 10.2. The normalized spacial score (nSPS) is 27.8. The van der Waals surface area contributed by atoms with Gasteiger partial charge in [-0.1, -0.05) is 30.3 Å². The monoisotopic (exact) mass is 347 g/mol. The number of benzene rings is 2. The number of rotatable bonds is 0. The Morgan fingerprint density at radius 1 is 1.17 bits per heavy atom. The van der Waals surface area contributed by atoms with Crippen LogP contribution in [0, 0.1) is 3.57 Å². The summed E-state index contributed by atoms with van der Waals surface area (Å²) in [5.41, 5.74) is 5.88. The topological polar surface area (TPSA) is 12.0 Å². The molecule has 0 radical (unpaired) electrons. The van der Waals surface area contributed by atoms with Crippen LogP contribution in [0.15, 0.2) is 42.5 Å². The van der Waals surface area contributed by atoms with Gasteiger partial charge in [0.15, 0.2) is 0 Å². The predicted octanol–water partition coefficient (Wildman–Crippen LogP) is 3.76. The van der Waals surface area contributed by atoms with Gasteiger partial charge in [-0.05, 0) is 70.3 Å². The smallest absolute Gasteiger partial charge is 0.0673 e. The summed E-state index contributed by atoms with van der Waals surface area (Å²) in [6, 6.07) is 16.2. The highest BCUT2D eigenvalue weighted by Gasteiger charge is 2.45. The van der Waals surface area contributed by atoms with Gasteiger partial charge in [-0.25, -0.2) is 0 Å². The second kappa shape index (κ2) is 3.58. The second-order valence-corrected chi connectivity index (χ2v) is 6.66. The molecule has 0 saturated heterocycles. The van der Waals surface area contributed by atoms with Crippen LogP contribution in [-0.2, 0) is 12.0 Å². The minimum absolute atomic E-state index is 0.00394. The van der Waals surface area contributed by atoms with Crippen molar-refractivity contribution < 1.29 is 0 Å². The van der Waals surface area contributed by atoms with Crippen molar-refractivity contribution in [2.45, 2.75) is 24.9 Å². The molecule has 2 heterocycles. The average Bonchev–Trinajstić information content (AvgIpc) is 2.62. The third-order valence-electron chi connectivity index (χ3n) is 4.37. The van der Waals surface area contributed by atoms with Gasteiger partial charge < -0.3 is 0 Å². The molecule has 0 aromatic heterocycles. The van der Waals surface area contributed by atoms with Crippen molar-refractivity contribution in [3.8, 4) is 0 Å². The van der Waals surface area contributed by atoms with E-state index >= 15 is 0 Å². The summed E-state index contributed by atoms with van der Waals surface area (Å²) in [6.45, 7) is 2.32. The maximum Gasteiger partial charge on any atom is 0.0673 e. The maximum absolute atomic E-state index is 3.81. The number of hydrogen-bond donors (Lipinski definition) is 1. The Kier molecular flexibility index (Phi) is 2.19. The van der Waals surface area contributed by atoms with Gasteiger partial charge in [-0.15, -0.1) is 0 Å². The molecule has 0 amide bonds. The Morgan fingerprint density at radius 3 is 2.89 bits per heavy atom. The number of halogens is 1. The summed E-state index contributed by atoms with van der Waals surface area (Å²) in [7, 11) is 0. The lowest BCUT2D eigenvalue weighted by atomic mass is 9.82. The van der Waals surface area contributed by atoms with Gasteiger partial charge in [-0.3, -0.25) is 5.32 Å². The van der Waals surface area contributed by atoms with E-state index in [4.69, 9.17) is 0 Å². The van der Waals surface area contributed by atoms with E-state index in [-0.39, 0.29) is 5.54 Å². The molecule has 1 N–H and O–H groups in total. The molecule has 90 valence electrons. The molecule has 18 heavy (non-hydrogen) atoms. The van der Waals surface area contributed by atoms with E-state index in [1.54, 1.807) is 0 Å². The molecule has 0 aliphatic carbocycles. The molecule has 2 aliphatic rings. The summed E-state index contributed by atoms with van der Waals surface area (Å²) in [6.07, 6.45) is 1.11. The summed E-state index contributed by atoms with van der Waals surface area (Å²) in [4.78, 5) is 0. The van der Waals surface area contributed by atoms with E-state index in [0.717, 1.165) is 6.42 Å². The Labute approximate surface area is 121 Å². The lowest BCUT2D eigenvalue weighted by Gasteiger charge is -2.34. The molecule has 0 saturated carbocycles. The van der Waals surface area contributed by atoms with Crippen LogP contribution < -0.4 is 5.32 Å². The first-order valence-corrected chi connectivity index (χ1v) is 7.42. The molecule has 1 nitrogen and oxygen atoms in total. The van der Waals surface area contributed by atoms with E-state index in [2.05, 4.69) is 77.3 Å². The SMILES string of the molecule is CC12NC(Cc3ccc(I)cc31)c1ccccc12. The fraction of sp³-hybridized carbons (Fsp3) is 0.250. The van der Waals surface area contributed by atoms with Crippen LogP contribution in [0.3, 0.4) is 0 Å². The molecular formula is C16H14IN. The Hall–Kier alpha value is -0.870. The molecule has 4 rings (SSSR count). The summed E-state index contributed by atoms with van der Waals surface area (Å²) < 4.78 is 1.32. The van der Waals surface area contributed by atoms with Gasteiger partial charge in [0, 0.05) is 9.61 Å². The lowest BCUT2D eigenvalue weighted by molar-refractivity contribution is 0.388. The van der Waals surface area contributed by atoms with Crippen LogP contribution in [0.4, 0.5) is 0 Å². The zero-order chi connectivity index (χ0) is 12.3. The summed E-state index contributed by atoms with van der Waals surface area (Å²) >= 11 is 2.40. The van der Waals surface area contributed by atoms with E-state index < -0.39 is 0 Å². The first kappa shape index (κ1) is 11.0. The van der Waals surface area contributed by atoms with Crippen LogP contribution in [0.5, 0.6) is 0 Å². The highest BCUT2D eigenvalue weighted by molar-refractivity contribution is 14.1. The van der Waals surface area contributed by atoms with Gasteiger partial charge in [0.05, 0.1) is 5.54 Å². The third-order valence-corrected chi connectivity index (χ3v) is 5.04. The van der Waals surface area contributed by atoms with Gasteiger partial charge >= 0.3 is 0 Å². The molecule has 2 aliphatic heterocycles. The molecule has 2 atom stereocenters. The average molecular weight is 347 g/mol. The van der Waals surface area contributed by atoms with Crippen LogP contribution in [0.2, 0.25) is 0 Å². The van der Waals surface area contributed by atoms with Gasteiger partial charge in [0.25, 0.3) is 0 Å². The molecule has 2 aromatic carbocycles. The predicted molar refractivity (Wildman–Crippen MR) is 81.6 cm³/mol. The van der Waals surface area contributed by atoms with Gasteiger partial charge in [0.1, 0.15) is 0 Å². The molecule has 0 fully saturated rings.